The van der Waals surface area contributed by atoms with Crippen LogP contribution in [0, 0.1) is 12.8 Å². The molecule has 2 aromatic heterocycles. The normalized spacial score (nSPS) is 14.8. The summed E-state index contributed by atoms with van der Waals surface area (Å²) >= 11 is 5.06. The summed E-state index contributed by atoms with van der Waals surface area (Å²) in [6.07, 6.45) is 4.67. The number of pyridine rings is 1. The zero-order chi connectivity index (χ0) is 26.8. The number of thiophene rings is 1. The number of rotatable bonds is 7. The van der Waals surface area contributed by atoms with Gasteiger partial charge in [0.2, 0.25) is 0 Å². The minimum absolute atomic E-state index is 0.264. The van der Waals surface area contributed by atoms with E-state index in [9.17, 15) is 9.59 Å². The molecule has 4 aromatic rings. The predicted octanol–water partition coefficient (Wildman–Crippen LogP) is 8.37. The Hall–Kier alpha value is -3.03. The third kappa shape index (κ3) is 5.40. The van der Waals surface area contributed by atoms with E-state index < -0.39 is 0 Å². The molecule has 7 heteroatoms. The molecule has 1 atom stereocenters. The average Bonchev–Trinajstić information content (AvgIpc) is 3.27. The van der Waals surface area contributed by atoms with Crippen LogP contribution in [-0.2, 0) is 17.6 Å². The highest BCUT2D eigenvalue weighted by Crippen LogP contribution is 2.41. The van der Waals surface area contributed by atoms with Crippen LogP contribution >= 0.6 is 27.3 Å². The Morgan fingerprint density at radius 1 is 1.16 bits per heavy atom. The zero-order valence-corrected chi connectivity index (χ0v) is 24.3. The van der Waals surface area contributed by atoms with Gasteiger partial charge < -0.3 is 10.1 Å². The minimum atomic E-state index is -0.350. The molecule has 0 saturated carbocycles. The van der Waals surface area contributed by atoms with Crippen LogP contribution in [0.5, 0.6) is 0 Å². The van der Waals surface area contributed by atoms with Crippen LogP contribution in [0.3, 0.4) is 0 Å². The molecule has 1 aliphatic rings. The minimum Gasteiger partial charge on any atom is -0.462 e. The molecule has 0 unspecified atom stereocenters. The predicted molar refractivity (Wildman–Crippen MR) is 158 cm³/mol. The van der Waals surface area contributed by atoms with Crippen molar-refractivity contribution in [3.8, 4) is 11.3 Å². The lowest BCUT2D eigenvalue weighted by atomic mass is 9.85. The fourth-order valence-electron chi connectivity index (χ4n) is 5.08. The molecule has 0 fully saturated rings. The number of carbonyl (C=O) groups is 2. The summed E-state index contributed by atoms with van der Waals surface area (Å²) in [5, 5.41) is 4.44. The molecule has 0 spiro atoms. The summed E-state index contributed by atoms with van der Waals surface area (Å²) in [5.74, 6) is -0.0143. The molecule has 196 valence electrons. The average molecular weight is 592 g/mol. The molecule has 5 nitrogen and oxygen atoms in total. The van der Waals surface area contributed by atoms with Crippen molar-refractivity contribution in [1.82, 2.24) is 4.98 Å². The van der Waals surface area contributed by atoms with Crippen molar-refractivity contribution in [3.63, 3.8) is 0 Å². The first kappa shape index (κ1) is 26.6. The molecule has 0 aliphatic heterocycles. The Labute approximate surface area is 235 Å². The fourth-order valence-corrected chi connectivity index (χ4v) is 6.79. The second-order valence-corrected chi connectivity index (χ2v) is 11.9. The van der Waals surface area contributed by atoms with Crippen LogP contribution in [0.1, 0.15) is 69.8 Å². The first-order valence-corrected chi connectivity index (χ1v) is 14.8. The monoisotopic (exact) mass is 590 g/mol. The van der Waals surface area contributed by atoms with E-state index in [1.807, 2.05) is 56.3 Å². The molecule has 0 saturated heterocycles. The topological polar surface area (TPSA) is 68.3 Å². The summed E-state index contributed by atoms with van der Waals surface area (Å²) in [5.41, 5.74) is 5.61. The highest BCUT2D eigenvalue weighted by Gasteiger charge is 2.30. The Morgan fingerprint density at radius 3 is 2.76 bits per heavy atom. The maximum Gasteiger partial charge on any atom is 0.341 e. The number of fused-ring (bicyclic) bond motifs is 2. The van der Waals surface area contributed by atoms with Gasteiger partial charge >= 0.3 is 5.97 Å². The van der Waals surface area contributed by atoms with Gasteiger partial charge in [-0.25, -0.2) is 9.78 Å². The zero-order valence-electron chi connectivity index (χ0n) is 21.9. The van der Waals surface area contributed by atoms with Crippen molar-refractivity contribution >= 4 is 55.0 Å². The van der Waals surface area contributed by atoms with Crippen molar-refractivity contribution in [2.24, 2.45) is 5.92 Å². The Bertz CT molecular complexity index is 1530. The number of nitrogens with zero attached hydrogens (tertiary/aromatic N) is 1. The molecule has 2 aromatic carbocycles. The lowest BCUT2D eigenvalue weighted by Gasteiger charge is -2.21. The molecule has 0 radical (unpaired) electrons. The Morgan fingerprint density at radius 2 is 2.00 bits per heavy atom. The maximum atomic E-state index is 13.9. The molecule has 1 aliphatic carbocycles. The number of halogens is 1. The number of nitrogens with one attached hydrogen (secondary N) is 1. The van der Waals surface area contributed by atoms with E-state index in [1.165, 1.54) is 16.2 Å². The number of carbonyl (C=O) groups excluding carboxylic acids is 2. The van der Waals surface area contributed by atoms with Gasteiger partial charge in [-0.3, -0.25) is 4.79 Å². The number of amides is 1. The molecule has 2 heterocycles. The number of benzene rings is 2. The number of ether oxygens (including phenoxy) is 1. The molecule has 0 bridgehead atoms. The Balaban J connectivity index is 1.58. The lowest BCUT2D eigenvalue weighted by molar-refractivity contribution is 0.0505. The largest absolute Gasteiger partial charge is 0.462 e. The van der Waals surface area contributed by atoms with E-state index in [0.717, 1.165) is 69.9 Å². The van der Waals surface area contributed by atoms with Crippen LogP contribution < -0.4 is 5.32 Å². The van der Waals surface area contributed by atoms with E-state index in [4.69, 9.17) is 9.72 Å². The van der Waals surface area contributed by atoms with Gasteiger partial charge in [-0.15, -0.1) is 11.3 Å². The van der Waals surface area contributed by atoms with Gasteiger partial charge in [0.25, 0.3) is 5.91 Å². The molecular formula is C31H31BrN2O3S. The quantitative estimate of drug-likeness (QED) is 0.219. The summed E-state index contributed by atoms with van der Waals surface area (Å²) in [6.45, 7) is 6.58. The van der Waals surface area contributed by atoms with E-state index >= 15 is 0 Å². The van der Waals surface area contributed by atoms with Gasteiger partial charge in [-0.2, -0.15) is 0 Å². The van der Waals surface area contributed by atoms with Crippen LogP contribution in [0.4, 0.5) is 5.00 Å². The van der Waals surface area contributed by atoms with Gasteiger partial charge in [0.05, 0.1) is 28.9 Å². The second kappa shape index (κ2) is 11.4. The van der Waals surface area contributed by atoms with Crippen molar-refractivity contribution < 1.29 is 14.3 Å². The van der Waals surface area contributed by atoms with Crippen LogP contribution in [0.25, 0.3) is 22.2 Å². The van der Waals surface area contributed by atoms with Gasteiger partial charge in [-0.05, 0) is 74.4 Å². The molecule has 1 amide bonds. The number of aryl methyl sites for hydroxylation is 1. The summed E-state index contributed by atoms with van der Waals surface area (Å²) in [7, 11) is 0. The van der Waals surface area contributed by atoms with Crippen molar-refractivity contribution in [2.75, 3.05) is 11.9 Å². The van der Waals surface area contributed by atoms with E-state index in [0.29, 0.717) is 28.7 Å². The summed E-state index contributed by atoms with van der Waals surface area (Å²) in [4.78, 5) is 33.1. The molecule has 5 rings (SSSR count). The maximum absolute atomic E-state index is 13.9. The smallest absolute Gasteiger partial charge is 0.341 e. The fraction of sp³-hybridized carbons (Fsp3) is 0.323. The third-order valence-electron chi connectivity index (χ3n) is 7.14. The van der Waals surface area contributed by atoms with Crippen LogP contribution in [0.15, 0.2) is 53.0 Å². The lowest BCUT2D eigenvalue weighted by Crippen LogP contribution is -2.17. The third-order valence-corrected chi connectivity index (χ3v) is 8.81. The number of hydrogen-bond acceptors (Lipinski definition) is 5. The van der Waals surface area contributed by atoms with Crippen LogP contribution in [0.2, 0.25) is 0 Å². The van der Waals surface area contributed by atoms with Crippen molar-refractivity contribution in [2.45, 2.75) is 52.9 Å². The SMILES string of the molecule is CCCOC(=O)c1c(NC(=O)c2cc(-c3cccc(C)c3)nc3ccc(Br)cc23)sc2c1CC[C@H](CC)C2. The van der Waals surface area contributed by atoms with E-state index in [-0.39, 0.29) is 11.9 Å². The first-order valence-electron chi connectivity index (χ1n) is 13.2. The number of anilines is 1. The Kier molecular flexibility index (Phi) is 7.96. The van der Waals surface area contributed by atoms with Crippen molar-refractivity contribution in [3.05, 3.63) is 80.1 Å². The van der Waals surface area contributed by atoms with Gasteiger partial charge in [0.15, 0.2) is 0 Å². The van der Waals surface area contributed by atoms with E-state index in [1.54, 1.807) is 0 Å². The summed E-state index contributed by atoms with van der Waals surface area (Å²) < 4.78 is 6.42. The molecule has 38 heavy (non-hydrogen) atoms. The van der Waals surface area contributed by atoms with E-state index in [2.05, 4.69) is 34.2 Å². The number of aromatic nitrogens is 1. The highest BCUT2D eigenvalue weighted by molar-refractivity contribution is 9.10. The number of hydrogen-bond donors (Lipinski definition) is 1. The van der Waals surface area contributed by atoms with Gasteiger partial charge in [0.1, 0.15) is 5.00 Å². The first-order chi connectivity index (χ1) is 18.4. The highest BCUT2D eigenvalue weighted by atomic mass is 79.9. The van der Waals surface area contributed by atoms with Gasteiger partial charge in [-0.1, -0.05) is 60.0 Å². The molecule has 1 N–H and O–H groups in total. The molecular weight excluding hydrogens is 560 g/mol. The van der Waals surface area contributed by atoms with Gasteiger partial charge in [0, 0.05) is 20.3 Å². The second-order valence-electron chi connectivity index (χ2n) is 9.90. The van der Waals surface area contributed by atoms with Crippen molar-refractivity contribution in [1.29, 1.82) is 0 Å². The number of esters is 1. The van der Waals surface area contributed by atoms with Crippen LogP contribution in [-0.4, -0.2) is 23.5 Å². The summed E-state index contributed by atoms with van der Waals surface area (Å²) in [6, 6.07) is 15.7. The standard InChI is InChI=1S/C31H31BrN2O3S/c1-4-13-37-31(36)28-22-11-9-19(5-2)15-27(22)38-30(28)34-29(35)24-17-26(20-8-6-7-18(3)14-20)33-25-12-10-21(32)16-23(24)25/h6-8,10,12,14,16-17,19H,4-5,9,11,13,15H2,1-3H3,(H,34,35)/t19-/m0/s1.